The lowest BCUT2D eigenvalue weighted by Crippen LogP contribution is -2.18. The Bertz CT molecular complexity index is 3100. The Morgan fingerprint density at radius 3 is 1.23 bits per heavy atom. The molecular weight excluding hydrogens is 831 g/mol. The van der Waals surface area contributed by atoms with Crippen LogP contribution in [0.2, 0.25) is 0 Å². The normalized spacial score (nSPS) is 13.3. The molecule has 0 bridgehead atoms. The van der Waals surface area contributed by atoms with E-state index in [-0.39, 0.29) is 50.6 Å². The largest absolute Gasteiger partial charge is 0.678 e. The maximum absolute atomic E-state index is 16.7. The minimum atomic E-state index is -3.32. The highest BCUT2D eigenvalue weighted by molar-refractivity contribution is 6.44. The van der Waals surface area contributed by atoms with Gasteiger partial charge in [0.25, 0.3) is 0 Å². The summed E-state index contributed by atoms with van der Waals surface area (Å²) in [5.41, 5.74) is 3.54. The van der Waals surface area contributed by atoms with E-state index in [0.29, 0.717) is 44.7 Å². The van der Waals surface area contributed by atoms with Crippen molar-refractivity contribution in [3.63, 3.8) is 0 Å². The lowest BCUT2D eigenvalue weighted by Gasteiger charge is -2.20. The van der Waals surface area contributed by atoms with Crippen LogP contribution in [-0.2, 0) is 0 Å². The fourth-order valence-electron chi connectivity index (χ4n) is 8.11. The van der Waals surface area contributed by atoms with Gasteiger partial charge in [-0.2, -0.15) is 0 Å². The van der Waals surface area contributed by atoms with Gasteiger partial charge in [-0.25, -0.2) is 31.3 Å². The smallest absolute Gasteiger partial charge is 0.497 e. The highest BCUT2D eigenvalue weighted by Crippen LogP contribution is 2.53. The summed E-state index contributed by atoms with van der Waals surface area (Å²) in [6.45, 7) is 0. The minimum Gasteiger partial charge on any atom is -0.497 e. The van der Waals surface area contributed by atoms with Gasteiger partial charge >= 0.3 is 7.40 Å². The first-order valence-electron chi connectivity index (χ1n) is 19.8. The van der Waals surface area contributed by atoms with Gasteiger partial charge in [-0.15, -0.1) is 0 Å². The molecule has 3 nitrogen and oxygen atoms in total. The van der Waals surface area contributed by atoms with Gasteiger partial charge in [-0.05, 0) is 130 Å². The van der Waals surface area contributed by atoms with Crippen molar-refractivity contribution >= 4 is 29.8 Å². The van der Waals surface area contributed by atoms with Crippen LogP contribution < -0.4 is 4.74 Å². The predicted octanol–water partition coefficient (Wildman–Crippen LogP) is 14.0. The summed E-state index contributed by atoms with van der Waals surface area (Å²) in [6, 6.07) is 38.5. The average molecular weight is 863 g/mol. The molecule has 0 amide bonds. The second kappa shape index (κ2) is 17.2. The molecule has 0 N–H and O–H groups in total. The summed E-state index contributed by atoms with van der Waals surface area (Å²) in [4.78, 5) is 5.26. The number of allylic oxidation sites excluding steroid dienone is 2. The van der Waals surface area contributed by atoms with Crippen molar-refractivity contribution in [1.82, 2.24) is 4.48 Å². The standard InChI is InChI=1S/C52H31BF8N2O/c1-64-43-28-14-34(15-29-43)48(50-45(31-4-18-38(55)19-5-31)44(30-2-16-37(54)17-3-30)49(62-50)35-10-24-41(58)25-11-35)52-47(33-8-22-40(57)23-9-33)46(32-6-20-39(56)21-7-32)51(63(52)53(60)61)36-12-26-42(59)27-13-36/h2-29H,1H3/b50-48-. The van der Waals surface area contributed by atoms with Crippen molar-refractivity contribution in [1.29, 1.82) is 0 Å². The molecule has 2 heterocycles. The number of hydrogen-bond donors (Lipinski definition) is 0. The Labute approximate surface area is 362 Å². The molecule has 12 heteroatoms. The number of benzene rings is 7. The molecule has 0 radical (unpaired) electrons. The number of aromatic nitrogens is 1. The monoisotopic (exact) mass is 862 g/mol. The van der Waals surface area contributed by atoms with Crippen molar-refractivity contribution < 1.29 is 39.7 Å². The number of hydrogen-bond acceptors (Lipinski definition) is 2. The van der Waals surface area contributed by atoms with Crippen LogP contribution >= 0.6 is 0 Å². The van der Waals surface area contributed by atoms with E-state index in [2.05, 4.69) is 0 Å². The van der Waals surface area contributed by atoms with Gasteiger partial charge in [0.05, 0.1) is 24.2 Å². The second-order valence-electron chi connectivity index (χ2n) is 14.8. The van der Waals surface area contributed by atoms with Crippen molar-refractivity contribution in [3.05, 3.63) is 238 Å². The Balaban J connectivity index is 1.55. The molecule has 0 spiro atoms. The quantitative estimate of drug-likeness (QED) is 0.0994. The lowest BCUT2D eigenvalue weighted by molar-refractivity contribution is 0.415. The van der Waals surface area contributed by atoms with Gasteiger partial charge in [0, 0.05) is 39.1 Å². The average Bonchev–Trinajstić information content (AvgIpc) is 3.86. The fourth-order valence-corrected chi connectivity index (χ4v) is 8.11. The summed E-state index contributed by atoms with van der Waals surface area (Å²) in [5, 5.41) is 0. The number of methoxy groups -OCH3 is 1. The highest BCUT2D eigenvalue weighted by Gasteiger charge is 2.38. The first kappa shape index (κ1) is 41.6. The highest BCUT2D eigenvalue weighted by atomic mass is 19.2. The number of ether oxygens (including phenoxy) is 1. The number of rotatable bonds is 10. The molecule has 314 valence electrons. The van der Waals surface area contributed by atoms with Gasteiger partial charge in [-0.3, -0.25) is 8.63 Å². The zero-order chi connectivity index (χ0) is 44.6. The maximum Gasteiger partial charge on any atom is 0.678 e. The predicted molar refractivity (Wildman–Crippen MR) is 236 cm³/mol. The summed E-state index contributed by atoms with van der Waals surface area (Å²) in [7, 11) is -1.86. The van der Waals surface area contributed by atoms with Crippen LogP contribution in [0.15, 0.2) is 181 Å². The summed E-state index contributed by atoms with van der Waals surface area (Å²) < 4.78 is 128. The Kier molecular flexibility index (Phi) is 11.2. The number of halogens is 8. The van der Waals surface area contributed by atoms with Crippen molar-refractivity contribution in [2.24, 2.45) is 4.99 Å². The fraction of sp³-hybridized carbons (Fsp3) is 0.0192. The zero-order valence-corrected chi connectivity index (χ0v) is 33.6. The van der Waals surface area contributed by atoms with E-state index < -0.39 is 42.3 Å². The third-order valence-electron chi connectivity index (χ3n) is 11.0. The molecule has 0 fully saturated rings. The maximum atomic E-state index is 16.7. The van der Waals surface area contributed by atoms with Crippen molar-refractivity contribution in [2.75, 3.05) is 7.11 Å². The van der Waals surface area contributed by atoms with Crippen LogP contribution in [-0.4, -0.2) is 24.7 Å². The van der Waals surface area contributed by atoms with E-state index in [1.54, 1.807) is 24.3 Å². The van der Waals surface area contributed by atoms with Crippen LogP contribution in [0.5, 0.6) is 5.75 Å². The van der Waals surface area contributed by atoms with Crippen LogP contribution in [0.4, 0.5) is 35.0 Å². The van der Waals surface area contributed by atoms with Crippen LogP contribution in [0.3, 0.4) is 0 Å². The van der Waals surface area contributed by atoms with Crippen LogP contribution in [0.1, 0.15) is 27.9 Å². The second-order valence-corrected chi connectivity index (χ2v) is 14.8. The molecular formula is C52H31BF8N2O. The molecule has 0 unspecified atom stereocenters. The van der Waals surface area contributed by atoms with Gasteiger partial charge in [0.15, 0.2) is 0 Å². The molecule has 0 saturated heterocycles. The molecule has 7 aromatic carbocycles. The van der Waals surface area contributed by atoms with Crippen molar-refractivity contribution in [3.8, 4) is 39.3 Å². The van der Waals surface area contributed by atoms with Gasteiger partial charge in [0.2, 0.25) is 0 Å². The molecule has 0 aliphatic carbocycles. The van der Waals surface area contributed by atoms with E-state index >= 15 is 8.63 Å². The molecule has 64 heavy (non-hydrogen) atoms. The van der Waals surface area contributed by atoms with Gasteiger partial charge < -0.3 is 9.21 Å². The van der Waals surface area contributed by atoms with Gasteiger partial charge in [-0.1, -0.05) is 72.8 Å². The van der Waals surface area contributed by atoms with E-state index in [1.165, 1.54) is 141 Å². The third-order valence-corrected chi connectivity index (χ3v) is 11.0. The molecule has 9 rings (SSSR count). The number of aliphatic imine (C=N–C) groups is 1. The minimum absolute atomic E-state index is 0.0886. The van der Waals surface area contributed by atoms with E-state index in [1.807, 2.05) is 0 Å². The van der Waals surface area contributed by atoms with Gasteiger partial charge in [0.1, 0.15) is 40.7 Å². The first-order valence-corrected chi connectivity index (χ1v) is 19.8. The molecule has 0 atom stereocenters. The zero-order valence-electron chi connectivity index (χ0n) is 33.6. The number of nitrogens with zero attached hydrogens (tertiary/aromatic N) is 2. The Hall–Kier alpha value is -7.73. The van der Waals surface area contributed by atoms with E-state index in [0.717, 1.165) is 16.6 Å². The molecule has 0 saturated carbocycles. The third kappa shape index (κ3) is 7.83. The Morgan fingerprint density at radius 2 is 0.812 bits per heavy atom. The first-order chi connectivity index (χ1) is 31.0. The summed E-state index contributed by atoms with van der Waals surface area (Å²) >= 11 is 0. The lowest BCUT2D eigenvalue weighted by atomic mass is 9.85. The molecule has 8 aromatic rings. The van der Waals surface area contributed by atoms with E-state index in [9.17, 15) is 26.3 Å². The van der Waals surface area contributed by atoms with E-state index in [4.69, 9.17) is 9.73 Å². The van der Waals surface area contributed by atoms with Crippen molar-refractivity contribution in [2.45, 2.75) is 0 Å². The topological polar surface area (TPSA) is 26.5 Å². The van der Waals surface area contributed by atoms with Crippen LogP contribution in [0.25, 0.3) is 50.2 Å². The molecule has 1 aromatic heterocycles. The summed E-state index contributed by atoms with van der Waals surface area (Å²) in [6.07, 6.45) is 0. The Morgan fingerprint density at radius 1 is 0.438 bits per heavy atom. The molecule has 1 aliphatic heterocycles. The van der Waals surface area contributed by atoms with Crippen LogP contribution in [0, 0.1) is 34.9 Å². The molecule has 1 aliphatic rings. The summed E-state index contributed by atoms with van der Waals surface area (Å²) in [5.74, 6) is -3.05. The SMILES string of the molecule is COc1ccc(/C(=C2/N=C(c3ccc(F)cc3)C(c3ccc(F)cc3)=C2c2ccc(F)cc2)c2c(-c3ccc(F)cc3)c(-c3ccc(F)cc3)c(-c3ccc(F)cc3)n2B(F)F)cc1.